The highest BCUT2D eigenvalue weighted by molar-refractivity contribution is 5.74. The molecule has 0 spiro atoms. The van der Waals surface area contributed by atoms with Gasteiger partial charge in [-0.1, -0.05) is 12.8 Å². The van der Waals surface area contributed by atoms with Gasteiger partial charge in [0.15, 0.2) is 5.69 Å². The fourth-order valence-corrected chi connectivity index (χ4v) is 4.87. The molecule has 0 unspecified atom stereocenters. The molecule has 0 atom stereocenters. The molecule has 146 valence electrons. The van der Waals surface area contributed by atoms with Crippen molar-refractivity contribution in [1.29, 1.82) is 5.26 Å². The van der Waals surface area contributed by atoms with Gasteiger partial charge in [-0.2, -0.15) is 10.4 Å². The SMILES string of the molecule is N#Cc1cc2n(n1)CCN(C(=O)NCCC1CCN(C3CCCC3)CC1)C2. The van der Waals surface area contributed by atoms with Gasteiger partial charge >= 0.3 is 6.03 Å². The van der Waals surface area contributed by atoms with Crippen molar-refractivity contribution in [1.82, 2.24) is 24.9 Å². The lowest BCUT2D eigenvalue weighted by molar-refractivity contribution is 0.130. The molecular weight excluding hydrogens is 340 g/mol. The maximum absolute atomic E-state index is 12.5. The normalized spacial score (nSPS) is 21.8. The van der Waals surface area contributed by atoms with E-state index in [1.807, 2.05) is 9.58 Å². The Labute approximate surface area is 161 Å². The second-order valence-electron chi connectivity index (χ2n) is 8.22. The second kappa shape index (κ2) is 8.30. The van der Waals surface area contributed by atoms with Gasteiger partial charge in [0.2, 0.25) is 0 Å². The van der Waals surface area contributed by atoms with Crippen LogP contribution in [0.25, 0.3) is 0 Å². The van der Waals surface area contributed by atoms with Crippen molar-refractivity contribution in [3.63, 3.8) is 0 Å². The van der Waals surface area contributed by atoms with E-state index in [9.17, 15) is 4.79 Å². The van der Waals surface area contributed by atoms with Crippen LogP contribution in [0.3, 0.4) is 0 Å². The molecule has 1 aromatic rings. The van der Waals surface area contributed by atoms with Gasteiger partial charge in [-0.15, -0.1) is 0 Å². The lowest BCUT2D eigenvalue weighted by atomic mass is 9.92. The van der Waals surface area contributed by atoms with Gasteiger partial charge < -0.3 is 15.1 Å². The number of likely N-dealkylation sites (tertiary alicyclic amines) is 1. The maximum Gasteiger partial charge on any atom is 0.317 e. The van der Waals surface area contributed by atoms with Gasteiger partial charge in [0, 0.05) is 19.1 Å². The number of nitrogens with one attached hydrogen (secondary N) is 1. The van der Waals surface area contributed by atoms with Crippen molar-refractivity contribution in [2.75, 3.05) is 26.2 Å². The standard InChI is InChI=1S/C20H30N6O/c21-14-17-13-19-15-25(11-12-26(19)23-17)20(27)22-8-5-16-6-9-24(10-7-16)18-3-1-2-4-18/h13,16,18H,1-12,15H2,(H,22,27). The number of fused-ring (bicyclic) bond motifs is 1. The van der Waals surface area contributed by atoms with Gasteiger partial charge in [-0.05, 0) is 57.2 Å². The number of nitriles is 1. The van der Waals surface area contributed by atoms with E-state index in [4.69, 9.17) is 5.26 Å². The van der Waals surface area contributed by atoms with E-state index < -0.39 is 0 Å². The molecule has 3 heterocycles. The Morgan fingerprint density at radius 2 is 1.96 bits per heavy atom. The van der Waals surface area contributed by atoms with Crippen LogP contribution >= 0.6 is 0 Å². The van der Waals surface area contributed by atoms with Crippen molar-refractivity contribution < 1.29 is 4.79 Å². The Morgan fingerprint density at radius 3 is 2.70 bits per heavy atom. The van der Waals surface area contributed by atoms with Gasteiger partial charge in [-0.25, -0.2) is 4.79 Å². The predicted molar refractivity (Wildman–Crippen MR) is 102 cm³/mol. The zero-order valence-electron chi connectivity index (χ0n) is 16.1. The van der Waals surface area contributed by atoms with Crippen molar-refractivity contribution in [3.8, 4) is 6.07 Å². The van der Waals surface area contributed by atoms with E-state index in [0.29, 0.717) is 25.3 Å². The summed E-state index contributed by atoms with van der Waals surface area (Å²) in [5, 5.41) is 16.3. The highest BCUT2D eigenvalue weighted by Gasteiger charge is 2.27. The van der Waals surface area contributed by atoms with E-state index in [0.717, 1.165) is 30.6 Å². The molecule has 2 fully saturated rings. The van der Waals surface area contributed by atoms with E-state index in [1.54, 1.807) is 6.07 Å². The summed E-state index contributed by atoms with van der Waals surface area (Å²) < 4.78 is 1.83. The molecule has 3 aliphatic rings. The fraction of sp³-hybridized carbons (Fsp3) is 0.750. The van der Waals surface area contributed by atoms with Gasteiger partial charge in [0.25, 0.3) is 0 Å². The molecule has 0 bridgehead atoms. The number of nitrogens with zero attached hydrogens (tertiary/aromatic N) is 5. The van der Waals surface area contributed by atoms with E-state index >= 15 is 0 Å². The zero-order valence-corrected chi connectivity index (χ0v) is 16.1. The first kappa shape index (κ1) is 18.3. The molecule has 1 aliphatic carbocycles. The Bertz CT molecular complexity index is 694. The van der Waals surface area contributed by atoms with Crippen LogP contribution in [0.15, 0.2) is 6.07 Å². The van der Waals surface area contributed by atoms with Crippen LogP contribution in [0.2, 0.25) is 0 Å². The third kappa shape index (κ3) is 4.27. The number of amides is 2. The monoisotopic (exact) mass is 370 g/mol. The summed E-state index contributed by atoms with van der Waals surface area (Å²) in [5.41, 5.74) is 1.36. The van der Waals surface area contributed by atoms with Gasteiger partial charge in [0.05, 0.1) is 18.8 Å². The number of piperidine rings is 1. The zero-order chi connectivity index (χ0) is 18.6. The minimum Gasteiger partial charge on any atom is -0.338 e. The summed E-state index contributed by atoms with van der Waals surface area (Å²) in [7, 11) is 0. The molecule has 1 saturated carbocycles. The predicted octanol–water partition coefficient (Wildman–Crippen LogP) is 2.32. The first-order chi connectivity index (χ1) is 13.2. The van der Waals surface area contributed by atoms with Crippen molar-refractivity contribution in [2.24, 2.45) is 5.92 Å². The summed E-state index contributed by atoms with van der Waals surface area (Å²) >= 11 is 0. The van der Waals surface area contributed by atoms with Crippen molar-refractivity contribution in [2.45, 2.75) is 64.1 Å². The smallest absolute Gasteiger partial charge is 0.317 e. The molecule has 2 amide bonds. The number of hydrogen-bond donors (Lipinski definition) is 1. The molecule has 27 heavy (non-hydrogen) atoms. The quantitative estimate of drug-likeness (QED) is 0.882. The summed E-state index contributed by atoms with van der Waals surface area (Å²) in [6, 6.07) is 4.69. The molecule has 7 nitrogen and oxygen atoms in total. The number of rotatable bonds is 4. The number of urea groups is 1. The number of carbonyl (C=O) groups excluding carboxylic acids is 1. The van der Waals surface area contributed by atoms with Crippen LogP contribution < -0.4 is 5.32 Å². The molecule has 7 heteroatoms. The maximum atomic E-state index is 12.5. The molecule has 1 saturated heterocycles. The van der Waals surface area contributed by atoms with Crippen molar-refractivity contribution >= 4 is 6.03 Å². The first-order valence-electron chi connectivity index (χ1n) is 10.5. The fourth-order valence-electron chi connectivity index (χ4n) is 4.87. The minimum atomic E-state index is 0.00403. The highest BCUT2D eigenvalue weighted by Crippen LogP contribution is 2.28. The Kier molecular flexibility index (Phi) is 5.63. The lowest BCUT2D eigenvalue weighted by Crippen LogP contribution is -2.45. The van der Waals surface area contributed by atoms with Crippen molar-refractivity contribution in [3.05, 3.63) is 17.5 Å². The van der Waals surface area contributed by atoms with Crippen LogP contribution in [0.1, 0.15) is 56.3 Å². The highest BCUT2D eigenvalue weighted by atomic mass is 16.2. The molecule has 1 aromatic heterocycles. The third-order valence-corrected chi connectivity index (χ3v) is 6.52. The van der Waals surface area contributed by atoms with Gasteiger partial charge in [-0.3, -0.25) is 4.68 Å². The van der Waals surface area contributed by atoms with Crippen LogP contribution in [0, 0.1) is 17.2 Å². The Hall–Kier alpha value is -2.07. The average molecular weight is 371 g/mol. The summed E-state index contributed by atoms with van der Waals surface area (Å²) in [4.78, 5) is 17.0. The molecule has 1 N–H and O–H groups in total. The number of carbonyl (C=O) groups is 1. The Balaban J connectivity index is 1.17. The van der Waals surface area contributed by atoms with Crippen LogP contribution in [0.4, 0.5) is 4.79 Å². The first-order valence-corrected chi connectivity index (χ1v) is 10.5. The summed E-state index contributed by atoms with van der Waals surface area (Å²) in [6.45, 7) is 5.06. The number of aromatic nitrogens is 2. The van der Waals surface area contributed by atoms with Gasteiger partial charge in [0.1, 0.15) is 6.07 Å². The van der Waals surface area contributed by atoms with Crippen LogP contribution in [-0.4, -0.2) is 57.8 Å². The second-order valence-corrected chi connectivity index (χ2v) is 8.22. The summed E-state index contributed by atoms with van der Waals surface area (Å²) in [6.07, 6.45) is 9.22. The number of hydrogen-bond acceptors (Lipinski definition) is 4. The molecule has 0 aromatic carbocycles. The third-order valence-electron chi connectivity index (χ3n) is 6.52. The van der Waals surface area contributed by atoms with E-state index in [2.05, 4.69) is 21.4 Å². The topological polar surface area (TPSA) is 77.2 Å². The molecular formula is C20H30N6O. The minimum absolute atomic E-state index is 0.00403. The van der Waals surface area contributed by atoms with E-state index in [1.165, 1.54) is 51.6 Å². The molecule has 4 rings (SSSR count). The van der Waals surface area contributed by atoms with Crippen LogP contribution in [0.5, 0.6) is 0 Å². The van der Waals surface area contributed by atoms with Crippen LogP contribution in [-0.2, 0) is 13.1 Å². The Morgan fingerprint density at radius 1 is 1.19 bits per heavy atom. The molecule has 2 aliphatic heterocycles. The van der Waals surface area contributed by atoms with E-state index in [-0.39, 0.29) is 6.03 Å². The lowest BCUT2D eigenvalue weighted by Gasteiger charge is -2.36. The largest absolute Gasteiger partial charge is 0.338 e. The summed E-state index contributed by atoms with van der Waals surface area (Å²) in [5.74, 6) is 0.740. The average Bonchev–Trinajstić information content (AvgIpc) is 3.37. The molecule has 0 radical (unpaired) electrons.